The van der Waals surface area contributed by atoms with Crippen LogP contribution in [0.5, 0.6) is 11.5 Å². The zero-order valence-electron chi connectivity index (χ0n) is 20.6. The molecule has 0 radical (unpaired) electrons. The predicted octanol–water partition coefficient (Wildman–Crippen LogP) is 1.86. The summed E-state index contributed by atoms with van der Waals surface area (Å²) in [6.45, 7) is 6.01. The van der Waals surface area contributed by atoms with Crippen LogP contribution in [-0.4, -0.2) is 54.3 Å². The highest BCUT2D eigenvalue weighted by Gasteiger charge is 2.36. The Morgan fingerprint density at radius 1 is 1.22 bits per heavy atom. The second-order valence-electron chi connectivity index (χ2n) is 8.23. The largest absolute Gasteiger partial charge is 0.497 e. The van der Waals surface area contributed by atoms with Crippen molar-refractivity contribution in [1.82, 2.24) is 14.6 Å². The number of H-pyrrole nitrogens is 1. The van der Waals surface area contributed by atoms with Gasteiger partial charge in [0, 0.05) is 11.8 Å². The van der Waals surface area contributed by atoms with E-state index in [-0.39, 0.29) is 25.1 Å². The number of methoxy groups -OCH3 is 1. The molecular weight excluding hydrogens is 497 g/mol. The molecule has 1 unspecified atom stereocenters. The molecule has 2 N–H and O–H groups in total. The molecule has 0 bridgehead atoms. The number of carbonyl (C=O) groups excluding carboxylic acids is 1. The van der Waals surface area contributed by atoms with E-state index < -0.39 is 43.5 Å². The first-order valence-electron chi connectivity index (χ1n) is 11.2. The van der Waals surface area contributed by atoms with E-state index in [1.54, 1.807) is 32.9 Å². The van der Waals surface area contributed by atoms with Gasteiger partial charge < -0.3 is 23.5 Å². The molecule has 1 aliphatic rings. The van der Waals surface area contributed by atoms with Gasteiger partial charge in [-0.3, -0.25) is 23.7 Å². The van der Waals surface area contributed by atoms with Crippen molar-refractivity contribution in [2.75, 3.05) is 20.3 Å². The van der Waals surface area contributed by atoms with Crippen molar-refractivity contribution >= 4 is 13.7 Å². The Bertz CT molecular complexity index is 1210. The average molecular weight is 527 g/mol. The molecule has 36 heavy (non-hydrogen) atoms. The van der Waals surface area contributed by atoms with Crippen LogP contribution in [0.4, 0.5) is 0 Å². The van der Waals surface area contributed by atoms with E-state index in [9.17, 15) is 18.9 Å². The number of benzene rings is 1. The fourth-order valence-corrected chi connectivity index (χ4v) is 4.60. The highest BCUT2D eigenvalue weighted by Crippen LogP contribution is 2.45. The normalized spacial score (nSPS) is 20.1. The van der Waals surface area contributed by atoms with E-state index in [0.717, 1.165) is 0 Å². The first-order chi connectivity index (χ1) is 17.0. The molecule has 1 aliphatic heterocycles. The van der Waals surface area contributed by atoms with Gasteiger partial charge in [0.05, 0.1) is 19.8 Å². The minimum Gasteiger partial charge on any atom is -0.497 e. The van der Waals surface area contributed by atoms with Crippen molar-refractivity contribution in [2.24, 2.45) is 0 Å². The molecule has 0 amide bonds. The molecule has 1 aromatic heterocycles. The summed E-state index contributed by atoms with van der Waals surface area (Å²) in [6, 6.07) is 5.23. The molecule has 14 heteroatoms. The summed E-state index contributed by atoms with van der Waals surface area (Å²) in [5, 5.41) is 2.56. The number of aromatic amines is 1. The van der Waals surface area contributed by atoms with Crippen molar-refractivity contribution in [2.45, 2.75) is 52.4 Å². The molecule has 0 saturated carbocycles. The van der Waals surface area contributed by atoms with Crippen LogP contribution in [0.3, 0.4) is 0 Å². The molecule has 3 rings (SSSR count). The molecule has 0 aliphatic carbocycles. The predicted molar refractivity (Wildman–Crippen MR) is 127 cm³/mol. The van der Waals surface area contributed by atoms with Crippen LogP contribution in [0.25, 0.3) is 0 Å². The Labute approximate surface area is 207 Å². The fraction of sp³-hybridized carbons (Fsp3) is 0.500. The molecule has 1 aromatic carbocycles. The number of esters is 1. The molecule has 13 nitrogen and oxygen atoms in total. The summed E-state index contributed by atoms with van der Waals surface area (Å²) < 4.78 is 47.4. The molecule has 2 heterocycles. The van der Waals surface area contributed by atoms with Gasteiger partial charge in [0.25, 0.3) is 5.56 Å². The smallest absolute Gasteiger partial charge is 0.459 e. The fourth-order valence-electron chi connectivity index (χ4n) is 3.13. The maximum Gasteiger partial charge on any atom is 0.459 e. The van der Waals surface area contributed by atoms with Gasteiger partial charge in [-0.2, -0.15) is 5.09 Å². The number of aryl methyl sites for hydroxylation is 1. The van der Waals surface area contributed by atoms with E-state index in [1.165, 1.54) is 36.9 Å². The van der Waals surface area contributed by atoms with Crippen LogP contribution in [0.15, 0.2) is 40.1 Å². The van der Waals surface area contributed by atoms with Gasteiger partial charge in [0.1, 0.15) is 24.1 Å². The minimum atomic E-state index is -4.15. The number of nitrogens with one attached hydrogen (secondary N) is 2. The number of ether oxygens (including phenoxy) is 4. The monoisotopic (exact) mass is 527 g/mol. The van der Waals surface area contributed by atoms with E-state index in [0.29, 0.717) is 11.3 Å². The minimum absolute atomic E-state index is 0.0202. The Kier molecular flexibility index (Phi) is 9.09. The lowest BCUT2D eigenvalue weighted by molar-refractivity contribution is -0.149. The van der Waals surface area contributed by atoms with Crippen LogP contribution in [0.1, 0.15) is 32.6 Å². The van der Waals surface area contributed by atoms with Crippen molar-refractivity contribution in [1.29, 1.82) is 0 Å². The average Bonchev–Trinajstić information content (AvgIpc) is 3.29. The standard InChI is InChI=1S/C22H30N3O10P/c1-13(2)33-21(27)15(4)24-36(29,35-17-8-6-16(30-5)7-9-17)32-12-19-31-11-18(34-19)25-10-14(3)20(26)23-22(25)28/h6-10,13,15,18-19H,11-12H2,1-5H3,(H,24,29)(H,23,26,28)/t15-,18+,19+,36?/m0/s1. The molecule has 4 atom stereocenters. The van der Waals surface area contributed by atoms with Gasteiger partial charge in [-0.1, -0.05) is 0 Å². The number of carbonyl (C=O) groups is 1. The first-order valence-corrected chi connectivity index (χ1v) is 12.7. The number of hydrogen-bond donors (Lipinski definition) is 2. The summed E-state index contributed by atoms with van der Waals surface area (Å²) in [6.07, 6.45) is -0.862. The van der Waals surface area contributed by atoms with E-state index >= 15 is 0 Å². The Morgan fingerprint density at radius 3 is 2.53 bits per heavy atom. The maximum absolute atomic E-state index is 13.6. The summed E-state index contributed by atoms with van der Waals surface area (Å²) in [5.41, 5.74) is -0.835. The van der Waals surface area contributed by atoms with Gasteiger partial charge in [0.2, 0.25) is 0 Å². The third-order valence-electron chi connectivity index (χ3n) is 4.91. The first kappa shape index (κ1) is 27.6. The van der Waals surface area contributed by atoms with Crippen molar-refractivity contribution in [3.05, 3.63) is 56.9 Å². The number of hydrogen-bond acceptors (Lipinski definition) is 10. The van der Waals surface area contributed by atoms with Crippen LogP contribution in [-0.2, 0) is 28.1 Å². The Morgan fingerprint density at radius 2 is 1.89 bits per heavy atom. The topological polar surface area (TPSA) is 156 Å². The molecule has 1 saturated heterocycles. The zero-order chi connectivity index (χ0) is 26.5. The maximum atomic E-state index is 13.6. The third-order valence-corrected chi connectivity index (χ3v) is 6.56. The lowest BCUT2D eigenvalue weighted by Gasteiger charge is -2.24. The van der Waals surface area contributed by atoms with Crippen LogP contribution in [0, 0.1) is 6.92 Å². The van der Waals surface area contributed by atoms with Crippen molar-refractivity contribution in [3.63, 3.8) is 0 Å². The third kappa shape index (κ3) is 7.28. The summed E-state index contributed by atoms with van der Waals surface area (Å²) in [7, 11) is -2.65. The lowest BCUT2D eigenvalue weighted by Crippen LogP contribution is -2.37. The molecule has 0 spiro atoms. The Hall–Kier alpha value is -2.96. The van der Waals surface area contributed by atoms with Crippen LogP contribution < -0.4 is 25.6 Å². The van der Waals surface area contributed by atoms with Gasteiger partial charge >= 0.3 is 19.4 Å². The van der Waals surface area contributed by atoms with Gasteiger partial charge in [-0.05, 0) is 52.0 Å². The second-order valence-corrected chi connectivity index (χ2v) is 9.92. The number of aromatic nitrogens is 2. The number of rotatable bonds is 11. The van der Waals surface area contributed by atoms with Gasteiger partial charge in [0.15, 0.2) is 12.5 Å². The highest BCUT2D eigenvalue weighted by atomic mass is 31.2. The lowest BCUT2D eigenvalue weighted by atomic mass is 10.3. The van der Waals surface area contributed by atoms with E-state index in [1.807, 2.05) is 0 Å². The van der Waals surface area contributed by atoms with Crippen molar-refractivity contribution in [3.8, 4) is 11.5 Å². The SMILES string of the molecule is COc1ccc(OP(=O)(N[C@@H](C)C(=O)OC(C)C)OC[C@@H]2OC[C@H](n3cc(C)c(=O)[nH]c3=O)O2)cc1. The van der Waals surface area contributed by atoms with Gasteiger partial charge in [-0.15, -0.1) is 0 Å². The van der Waals surface area contributed by atoms with Crippen LogP contribution in [0.2, 0.25) is 0 Å². The summed E-state index contributed by atoms with van der Waals surface area (Å²) >= 11 is 0. The van der Waals surface area contributed by atoms with E-state index in [4.69, 9.17) is 28.0 Å². The Balaban J connectivity index is 1.71. The zero-order valence-corrected chi connectivity index (χ0v) is 21.5. The molecule has 1 fully saturated rings. The highest BCUT2D eigenvalue weighted by molar-refractivity contribution is 7.52. The second kappa shape index (κ2) is 11.8. The van der Waals surface area contributed by atoms with Gasteiger partial charge in [-0.25, -0.2) is 9.36 Å². The quantitative estimate of drug-likeness (QED) is 0.325. The molecule has 198 valence electrons. The summed E-state index contributed by atoms with van der Waals surface area (Å²) in [4.78, 5) is 38.2. The molecule has 2 aromatic rings. The summed E-state index contributed by atoms with van der Waals surface area (Å²) in [5.74, 6) is 0.109. The molecular formula is C22H30N3O10P. The van der Waals surface area contributed by atoms with E-state index in [2.05, 4.69) is 10.1 Å². The van der Waals surface area contributed by atoms with Crippen LogP contribution >= 0.6 is 7.75 Å². The number of nitrogens with zero attached hydrogens (tertiary/aromatic N) is 1. The van der Waals surface area contributed by atoms with Crippen molar-refractivity contribution < 1.29 is 37.4 Å².